The predicted molar refractivity (Wildman–Crippen MR) is 98.4 cm³/mol. The van der Waals surface area contributed by atoms with E-state index in [1.807, 2.05) is 39.0 Å². The molecule has 2 aromatic rings. The van der Waals surface area contributed by atoms with Crippen molar-refractivity contribution in [3.63, 3.8) is 0 Å². The standard InChI is InChI=1S/C19H21ClN2O2/c1-4-16-11-22(17-10-14(20)5-6-18(17)24-16)19(23)21-15-8-12(2)7-13(3)9-15/h5-10,16H,4,11H2,1-3H3,(H,21,23)/t16-/m1/s1. The average molecular weight is 345 g/mol. The number of amides is 2. The van der Waals surface area contributed by atoms with Crippen LogP contribution in [0.2, 0.25) is 5.02 Å². The summed E-state index contributed by atoms with van der Waals surface area (Å²) >= 11 is 6.10. The highest BCUT2D eigenvalue weighted by Crippen LogP contribution is 2.36. The van der Waals surface area contributed by atoms with Crippen molar-refractivity contribution < 1.29 is 9.53 Å². The summed E-state index contributed by atoms with van der Waals surface area (Å²) in [6.07, 6.45) is 0.804. The van der Waals surface area contributed by atoms with Gasteiger partial charge in [0.15, 0.2) is 0 Å². The number of aryl methyl sites for hydroxylation is 2. The monoisotopic (exact) mass is 344 g/mol. The van der Waals surface area contributed by atoms with Gasteiger partial charge in [0, 0.05) is 10.7 Å². The highest BCUT2D eigenvalue weighted by atomic mass is 35.5. The van der Waals surface area contributed by atoms with Crippen LogP contribution in [0, 0.1) is 13.8 Å². The first-order chi connectivity index (χ1) is 11.5. The van der Waals surface area contributed by atoms with E-state index in [2.05, 4.69) is 11.4 Å². The molecule has 1 heterocycles. The zero-order valence-electron chi connectivity index (χ0n) is 14.1. The summed E-state index contributed by atoms with van der Waals surface area (Å²) in [6.45, 7) is 6.57. The summed E-state index contributed by atoms with van der Waals surface area (Å²) in [4.78, 5) is 14.5. The summed E-state index contributed by atoms with van der Waals surface area (Å²) in [5.74, 6) is 0.688. The molecule has 2 aromatic carbocycles. The fraction of sp³-hybridized carbons (Fsp3) is 0.316. The van der Waals surface area contributed by atoms with Gasteiger partial charge in [0.25, 0.3) is 0 Å². The summed E-state index contributed by atoms with van der Waals surface area (Å²) < 4.78 is 5.92. The molecule has 0 aliphatic carbocycles. The van der Waals surface area contributed by atoms with E-state index in [-0.39, 0.29) is 12.1 Å². The minimum Gasteiger partial charge on any atom is -0.486 e. The topological polar surface area (TPSA) is 41.6 Å². The SMILES string of the molecule is CC[C@@H]1CN(C(=O)Nc2cc(C)cc(C)c2)c2cc(Cl)ccc2O1. The number of hydrogen-bond donors (Lipinski definition) is 1. The Labute approximate surface area is 147 Å². The molecule has 5 heteroatoms. The molecule has 0 unspecified atom stereocenters. The lowest BCUT2D eigenvalue weighted by Crippen LogP contribution is -2.45. The molecule has 0 saturated carbocycles. The fourth-order valence-electron chi connectivity index (χ4n) is 2.96. The minimum atomic E-state index is -0.176. The second-order valence-electron chi connectivity index (χ2n) is 6.18. The van der Waals surface area contributed by atoms with E-state index in [4.69, 9.17) is 16.3 Å². The van der Waals surface area contributed by atoms with E-state index in [0.717, 1.165) is 23.2 Å². The van der Waals surface area contributed by atoms with Gasteiger partial charge in [-0.15, -0.1) is 0 Å². The van der Waals surface area contributed by atoms with Crippen molar-refractivity contribution in [1.29, 1.82) is 0 Å². The summed E-state index contributed by atoms with van der Waals surface area (Å²) in [5.41, 5.74) is 3.72. The highest BCUT2D eigenvalue weighted by Gasteiger charge is 2.29. The van der Waals surface area contributed by atoms with E-state index >= 15 is 0 Å². The van der Waals surface area contributed by atoms with Crippen molar-refractivity contribution in [2.24, 2.45) is 0 Å². The molecule has 3 rings (SSSR count). The largest absolute Gasteiger partial charge is 0.486 e. The number of anilines is 2. The number of nitrogens with zero attached hydrogens (tertiary/aromatic N) is 1. The lowest BCUT2D eigenvalue weighted by molar-refractivity contribution is 0.188. The molecule has 0 fully saturated rings. The van der Waals surface area contributed by atoms with Gasteiger partial charge in [-0.2, -0.15) is 0 Å². The Bertz CT molecular complexity index is 756. The Balaban J connectivity index is 1.89. The van der Waals surface area contributed by atoms with Gasteiger partial charge in [-0.1, -0.05) is 24.6 Å². The number of hydrogen-bond acceptors (Lipinski definition) is 2. The quantitative estimate of drug-likeness (QED) is 0.816. The van der Waals surface area contributed by atoms with E-state index in [9.17, 15) is 4.79 Å². The first-order valence-electron chi connectivity index (χ1n) is 8.09. The molecule has 0 saturated heterocycles. The van der Waals surface area contributed by atoms with Gasteiger partial charge in [0.1, 0.15) is 11.9 Å². The van der Waals surface area contributed by atoms with Crippen LogP contribution in [0.1, 0.15) is 24.5 Å². The number of nitrogens with one attached hydrogen (secondary N) is 1. The Morgan fingerprint density at radius 3 is 2.62 bits per heavy atom. The first kappa shape index (κ1) is 16.7. The first-order valence-corrected chi connectivity index (χ1v) is 8.47. The lowest BCUT2D eigenvalue weighted by Gasteiger charge is -2.34. The number of carbonyl (C=O) groups excluding carboxylic acids is 1. The van der Waals surface area contributed by atoms with Gasteiger partial charge in [-0.3, -0.25) is 4.90 Å². The summed E-state index contributed by atoms with van der Waals surface area (Å²) in [5, 5.41) is 3.57. The number of halogens is 1. The van der Waals surface area contributed by atoms with E-state index in [0.29, 0.717) is 23.0 Å². The van der Waals surface area contributed by atoms with Crippen LogP contribution in [-0.4, -0.2) is 18.7 Å². The molecule has 1 aliphatic heterocycles. The molecule has 1 aliphatic rings. The predicted octanol–water partition coefficient (Wildman–Crippen LogP) is 5.17. The Kier molecular flexibility index (Phi) is 4.67. The van der Waals surface area contributed by atoms with Crippen LogP contribution in [-0.2, 0) is 0 Å². The second-order valence-corrected chi connectivity index (χ2v) is 6.61. The molecule has 2 amide bonds. The zero-order chi connectivity index (χ0) is 17.3. The van der Waals surface area contributed by atoms with Gasteiger partial charge in [0.2, 0.25) is 0 Å². The Hall–Kier alpha value is -2.20. The number of ether oxygens (including phenoxy) is 1. The molecular formula is C19H21ClN2O2. The average Bonchev–Trinajstić information content (AvgIpc) is 2.52. The fourth-order valence-corrected chi connectivity index (χ4v) is 3.13. The van der Waals surface area contributed by atoms with Gasteiger partial charge in [-0.05, 0) is 61.7 Å². The Morgan fingerprint density at radius 2 is 1.96 bits per heavy atom. The zero-order valence-corrected chi connectivity index (χ0v) is 14.9. The minimum absolute atomic E-state index is 0.0244. The summed E-state index contributed by atoms with van der Waals surface area (Å²) in [6, 6.07) is 11.2. The van der Waals surface area contributed by atoms with Crippen LogP contribution in [0.4, 0.5) is 16.2 Å². The molecule has 1 atom stereocenters. The normalized spacial score (nSPS) is 16.3. The molecule has 0 spiro atoms. The third-order valence-corrected chi connectivity index (χ3v) is 4.30. The van der Waals surface area contributed by atoms with Crippen LogP contribution in [0.3, 0.4) is 0 Å². The number of carbonyl (C=O) groups is 1. The second kappa shape index (κ2) is 6.73. The van der Waals surface area contributed by atoms with Gasteiger partial charge in [0.05, 0.1) is 12.2 Å². The van der Waals surface area contributed by atoms with Crippen LogP contribution < -0.4 is 15.0 Å². The third kappa shape index (κ3) is 3.49. The molecule has 24 heavy (non-hydrogen) atoms. The summed E-state index contributed by atoms with van der Waals surface area (Å²) in [7, 11) is 0. The van der Waals surface area contributed by atoms with E-state index in [1.165, 1.54) is 0 Å². The van der Waals surface area contributed by atoms with Crippen molar-refractivity contribution >= 4 is 29.0 Å². The molecule has 126 valence electrons. The molecule has 0 radical (unpaired) electrons. The molecule has 1 N–H and O–H groups in total. The van der Waals surface area contributed by atoms with Crippen molar-refractivity contribution in [3.05, 3.63) is 52.5 Å². The van der Waals surface area contributed by atoms with Gasteiger partial charge in [-0.25, -0.2) is 4.79 Å². The van der Waals surface area contributed by atoms with Crippen LogP contribution in [0.25, 0.3) is 0 Å². The van der Waals surface area contributed by atoms with Crippen molar-refractivity contribution in [1.82, 2.24) is 0 Å². The van der Waals surface area contributed by atoms with Gasteiger partial charge >= 0.3 is 6.03 Å². The van der Waals surface area contributed by atoms with Crippen LogP contribution in [0.15, 0.2) is 36.4 Å². The van der Waals surface area contributed by atoms with Crippen molar-refractivity contribution in [2.75, 3.05) is 16.8 Å². The molecular weight excluding hydrogens is 324 g/mol. The molecule has 0 aromatic heterocycles. The maximum Gasteiger partial charge on any atom is 0.326 e. The Morgan fingerprint density at radius 1 is 1.25 bits per heavy atom. The number of urea groups is 1. The number of rotatable bonds is 2. The molecule has 0 bridgehead atoms. The smallest absolute Gasteiger partial charge is 0.326 e. The number of fused-ring (bicyclic) bond motifs is 1. The third-order valence-electron chi connectivity index (χ3n) is 4.07. The lowest BCUT2D eigenvalue weighted by atomic mass is 10.1. The number of benzene rings is 2. The van der Waals surface area contributed by atoms with E-state index in [1.54, 1.807) is 17.0 Å². The maximum atomic E-state index is 12.8. The van der Waals surface area contributed by atoms with Gasteiger partial charge < -0.3 is 10.1 Å². The van der Waals surface area contributed by atoms with Crippen LogP contribution in [0.5, 0.6) is 5.75 Å². The van der Waals surface area contributed by atoms with Crippen LogP contribution >= 0.6 is 11.6 Å². The highest BCUT2D eigenvalue weighted by molar-refractivity contribution is 6.31. The molecule has 4 nitrogen and oxygen atoms in total. The van der Waals surface area contributed by atoms with E-state index < -0.39 is 0 Å². The van der Waals surface area contributed by atoms with Crippen molar-refractivity contribution in [3.8, 4) is 5.75 Å². The van der Waals surface area contributed by atoms with Crippen molar-refractivity contribution in [2.45, 2.75) is 33.3 Å². The maximum absolute atomic E-state index is 12.8.